The van der Waals surface area contributed by atoms with Crippen molar-refractivity contribution >= 4 is 28.7 Å². The van der Waals surface area contributed by atoms with Crippen LogP contribution in [0.2, 0.25) is 0 Å². The van der Waals surface area contributed by atoms with E-state index >= 15 is 0 Å². The van der Waals surface area contributed by atoms with Crippen molar-refractivity contribution in [3.63, 3.8) is 0 Å². The molecule has 2 aromatic carbocycles. The Bertz CT molecular complexity index is 755. The van der Waals surface area contributed by atoms with Crippen molar-refractivity contribution in [2.24, 2.45) is 0 Å². The lowest BCUT2D eigenvalue weighted by Gasteiger charge is -2.36. The number of nitrogens with one attached hydrogen (secondary N) is 2. The average molecular weight is 413 g/mol. The average Bonchev–Trinajstić information content (AvgIpc) is 2.78. The second-order valence-electron chi connectivity index (χ2n) is 7.31. The van der Waals surface area contributed by atoms with Crippen LogP contribution in [-0.4, -0.2) is 56.4 Å². The number of hydrogen-bond donors (Lipinski definition) is 2. The number of aryl methyl sites for hydroxylation is 1. The first-order valence-electron chi connectivity index (χ1n) is 10.4. The van der Waals surface area contributed by atoms with Crippen LogP contribution in [0.5, 0.6) is 5.75 Å². The molecule has 0 amide bonds. The fraction of sp³-hybridized carbons (Fsp3) is 0.435. The van der Waals surface area contributed by atoms with Crippen molar-refractivity contribution in [2.45, 2.75) is 19.8 Å². The molecule has 1 saturated heterocycles. The first kappa shape index (κ1) is 21.4. The van der Waals surface area contributed by atoms with E-state index in [9.17, 15) is 0 Å². The van der Waals surface area contributed by atoms with E-state index in [2.05, 4.69) is 63.8 Å². The van der Waals surface area contributed by atoms with E-state index in [1.54, 1.807) is 7.11 Å². The highest BCUT2D eigenvalue weighted by atomic mass is 32.1. The predicted octanol–water partition coefficient (Wildman–Crippen LogP) is 3.76. The van der Waals surface area contributed by atoms with Gasteiger partial charge in [-0.05, 0) is 73.6 Å². The number of ether oxygens (including phenoxy) is 1. The van der Waals surface area contributed by atoms with Crippen LogP contribution in [0.25, 0.3) is 0 Å². The van der Waals surface area contributed by atoms with Crippen LogP contribution in [0.15, 0.2) is 48.5 Å². The molecular weight excluding hydrogens is 380 g/mol. The molecular formula is C23H32N4OS. The van der Waals surface area contributed by atoms with Gasteiger partial charge in [-0.1, -0.05) is 19.1 Å². The van der Waals surface area contributed by atoms with E-state index < -0.39 is 0 Å². The van der Waals surface area contributed by atoms with Crippen LogP contribution in [0.3, 0.4) is 0 Å². The summed E-state index contributed by atoms with van der Waals surface area (Å²) in [6, 6.07) is 16.8. The Balaban J connectivity index is 1.30. The molecule has 0 aromatic heterocycles. The Morgan fingerprint density at radius 2 is 1.69 bits per heavy atom. The zero-order valence-corrected chi connectivity index (χ0v) is 18.3. The number of piperazine rings is 1. The molecule has 1 aliphatic heterocycles. The molecule has 2 N–H and O–H groups in total. The number of hydrogen-bond acceptors (Lipinski definition) is 4. The minimum atomic E-state index is 0.693. The molecule has 0 saturated carbocycles. The molecule has 1 aliphatic rings. The standard InChI is InChI=1S/C23H32N4OS/c1-3-19-5-7-20(8-6-19)25-23(29)24-13-4-14-26-15-17-27(18-16-26)21-9-11-22(28-2)12-10-21/h5-12H,3-4,13-18H2,1-2H3,(H2,24,25,29). The second kappa shape index (κ2) is 11.0. The minimum Gasteiger partial charge on any atom is -0.497 e. The molecule has 1 fully saturated rings. The molecule has 0 spiro atoms. The van der Waals surface area contributed by atoms with Crippen molar-refractivity contribution in [2.75, 3.05) is 56.6 Å². The van der Waals surface area contributed by atoms with Gasteiger partial charge in [-0.2, -0.15) is 0 Å². The third-order valence-corrected chi connectivity index (χ3v) is 5.61. The highest BCUT2D eigenvalue weighted by molar-refractivity contribution is 7.80. The Kier molecular flexibility index (Phi) is 8.14. The van der Waals surface area contributed by atoms with Gasteiger partial charge in [-0.3, -0.25) is 4.90 Å². The molecule has 0 radical (unpaired) electrons. The molecule has 0 aliphatic carbocycles. The molecule has 1 heterocycles. The highest BCUT2D eigenvalue weighted by Gasteiger charge is 2.16. The number of methoxy groups -OCH3 is 1. The van der Waals surface area contributed by atoms with Crippen LogP contribution in [0, 0.1) is 0 Å². The van der Waals surface area contributed by atoms with E-state index in [0.29, 0.717) is 5.11 Å². The van der Waals surface area contributed by atoms with Crippen molar-refractivity contribution < 1.29 is 4.74 Å². The van der Waals surface area contributed by atoms with Gasteiger partial charge in [0.15, 0.2) is 5.11 Å². The number of thiocarbonyl (C=S) groups is 1. The molecule has 3 rings (SSSR count). The summed E-state index contributed by atoms with van der Waals surface area (Å²) in [5.41, 5.74) is 3.64. The number of nitrogens with zero attached hydrogens (tertiary/aromatic N) is 2. The van der Waals surface area contributed by atoms with Gasteiger partial charge in [0, 0.05) is 44.1 Å². The fourth-order valence-electron chi connectivity index (χ4n) is 3.53. The van der Waals surface area contributed by atoms with Gasteiger partial charge in [0.1, 0.15) is 5.75 Å². The first-order valence-corrected chi connectivity index (χ1v) is 10.8. The van der Waals surface area contributed by atoms with Crippen LogP contribution in [-0.2, 0) is 6.42 Å². The van der Waals surface area contributed by atoms with Gasteiger partial charge >= 0.3 is 0 Å². The summed E-state index contributed by atoms with van der Waals surface area (Å²) in [4.78, 5) is 4.97. The van der Waals surface area contributed by atoms with Crippen LogP contribution in [0.1, 0.15) is 18.9 Å². The zero-order chi connectivity index (χ0) is 20.5. The monoisotopic (exact) mass is 412 g/mol. The van der Waals surface area contributed by atoms with E-state index in [-0.39, 0.29) is 0 Å². The summed E-state index contributed by atoms with van der Waals surface area (Å²) >= 11 is 5.40. The predicted molar refractivity (Wildman–Crippen MR) is 126 cm³/mol. The lowest BCUT2D eigenvalue weighted by molar-refractivity contribution is 0.255. The summed E-state index contributed by atoms with van der Waals surface area (Å²) in [7, 11) is 1.70. The molecule has 5 nitrogen and oxygen atoms in total. The van der Waals surface area contributed by atoms with Crippen molar-refractivity contribution in [3.05, 3.63) is 54.1 Å². The molecule has 0 atom stereocenters. The molecule has 0 bridgehead atoms. The lowest BCUT2D eigenvalue weighted by atomic mass is 10.1. The van der Waals surface area contributed by atoms with E-state index in [0.717, 1.165) is 63.5 Å². The molecule has 2 aromatic rings. The molecule has 29 heavy (non-hydrogen) atoms. The Morgan fingerprint density at radius 3 is 2.31 bits per heavy atom. The largest absolute Gasteiger partial charge is 0.497 e. The maximum absolute atomic E-state index is 5.40. The summed E-state index contributed by atoms with van der Waals surface area (Å²) in [5.74, 6) is 0.908. The second-order valence-corrected chi connectivity index (χ2v) is 7.72. The summed E-state index contributed by atoms with van der Waals surface area (Å²) in [6.45, 7) is 8.46. The van der Waals surface area contributed by atoms with Gasteiger partial charge in [-0.25, -0.2) is 0 Å². The fourth-order valence-corrected chi connectivity index (χ4v) is 3.75. The maximum Gasteiger partial charge on any atom is 0.170 e. The third-order valence-electron chi connectivity index (χ3n) is 5.37. The lowest BCUT2D eigenvalue weighted by Crippen LogP contribution is -2.47. The van der Waals surface area contributed by atoms with Gasteiger partial charge < -0.3 is 20.3 Å². The van der Waals surface area contributed by atoms with Crippen molar-refractivity contribution in [3.8, 4) is 5.75 Å². The summed E-state index contributed by atoms with van der Waals surface area (Å²) < 4.78 is 5.24. The highest BCUT2D eigenvalue weighted by Crippen LogP contribution is 2.20. The minimum absolute atomic E-state index is 0.693. The summed E-state index contributed by atoms with van der Waals surface area (Å²) in [5, 5.41) is 7.26. The maximum atomic E-state index is 5.40. The Hall–Kier alpha value is -2.31. The van der Waals surface area contributed by atoms with Gasteiger partial charge in [0.25, 0.3) is 0 Å². The van der Waals surface area contributed by atoms with E-state index in [1.807, 2.05) is 12.1 Å². The third kappa shape index (κ3) is 6.61. The normalized spacial score (nSPS) is 14.5. The van der Waals surface area contributed by atoms with Gasteiger partial charge in [0.2, 0.25) is 0 Å². The van der Waals surface area contributed by atoms with Gasteiger partial charge in [-0.15, -0.1) is 0 Å². The number of rotatable bonds is 8. The van der Waals surface area contributed by atoms with E-state index in [4.69, 9.17) is 17.0 Å². The SMILES string of the molecule is CCc1ccc(NC(=S)NCCCN2CCN(c3ccc(OC)cc3)CC2)cc1. The topological polar surface area (TPSA) is 39.8 Å². The van der Waals surface area contributed by atoms with Crippen molar-refractivity contribution in [1.82, 2.24) is 10.2 Å². The van der Waals surface area contributed by atoms with Crippen LogP contribution < -0.4 is 20.3 Å². The number of benzene rings is 2. The first-order chi connectivity index (χ1) is 14.2. The van der Waals surface area contributed by atoms with E-state index in [1.165, 1.54) is 11.3 Å². The Morgan fingerprint density at radius 1 is 1.00 bits per heavy atom. The summed E-state index contributed by atoms with van der Waals surface area (Å²) in [6.07, 6.45) is 2.14. The van der Waals surface area contributed by atoms with Gasteiger partial charge in [0.05, 0.1) is 7.11 Å². The zero-order valence-electron chi connectivity index (χ0n) is 17.5. The molecule has 0 unspecified atom stereocenters. The smallest absolute Gasteiger partial charge is 0.170 e. The van der Waals surface area contributed by atoms with Crippen LogP contribution >= 0.6 is 12.2 Å². The quantitative estimate of drug-likeness (QED) is 0.508. The molecule has 156 valence electrons. The van der Waals surface area contributed by atoms with Crippen molar-refractivity contribution in [1.29, 1.82) is 0 Å². The Labute approximate surface area is 180 Å². The number of anilines is 2. The van der Waals surface area contributed by atoms with Crippen LogP contribution in [0.4, 0.5) is 11.4 Å². The molecule has 6 heteroatoms.